The molecule has 1 amide bonds. The summed E-state index contributed by atoms with van der Waals surface area (Å²) >= 11 is 0. The van der Waals surface area contributed by atoms with Gasteiger partial charge in [-0.3, -0.25) is 9.89 Å². The Morgan fingerprint density at radius 2 is 2.07 bits per heavy atom. The first-order chi connectivity index (χ1) is 14.0. The number of sulfonamides is 1. The maximum Gasteiger partial charge on any atom is 0.271 e. The van der Waals surface area contributed by atoms with Gasteiger partial charge in [0.1, 0.15) is 22.4 Å². The van der Waals surface area contributed by atoms with Gasteiger partial charge in [0.05, 0.1) is 12.6 Å². The Balaban J connectivity index is 1.66. The average Bonchev–Trinajstić information content (AvgIpc) is 3.15. The Morgan fingerprint density at radius 3 is 2.83 bits per heavy atom. The van der Waals surface area contributed by atoms with Crippen LogP contribution in [0.3, 0.4) is 0 Å². The number of carbonyl (C=O) groups excluding carboxylic acids is 1. The quantitative estimate of drug-likeness (QED) is 0.795. The number of H-pyrrole nitrogens is 1. The second-order valence-corrected chi connectivity index (χ2v) is 8.98. The van der Waals surface area contributed by atoms with Crippen molar-refractivity contribution in [2.45, 2.75) is 29.9 Å². The van der Waals surface area contributed by atoms with Gasteiger partial charge in [-0.1, -0.05) is 12.1 Å². The molecule has 2 aliphatic heterocycles. The van der Waals surface area contributed by atoms with Crippen molar-refractivity contribution in [3.63, 3.8) is 0 Å². The van der Waals surface area contributed by atoms with Crippen molar-refractivity contribution < 1.29 is 22.7 Å². The molecule has 4 rings (SSSR count). The summed E-state index contributed by atoms with van der Waals surface area (Å²) in [6, 6.07) is 7.96. The second-order valence-electron chi connectivity index (χ2n) is 7.12. The zero-order valence-electron chi connectivity index (χ0n) is 16.2. The number of benzene rings is 1. The lowest BCUT2D eigenvalue weighted by Crippen LogP contribution is -2.48. The van der Waals surface area contributed by atoms with Crippen LogP contribution in [0.5, 0.6) is 5.75 Å². The molecule has 0 unspecified atom stereocenters. The fourth-order valence-corrected chi connectivity index (χ4v) is 5.76. The van der Waals surface area contributed by atoms with Gasteiger partial charge in [0, 0.05) is 39.4 Å². The van der Waals surface area contributed by atoms with Crippen molar-refractivity contribution in [1.29, 1.82) is 0 Å². The van der Waals surface area contributed by atoms with E-state index in [0.29, 0.717) is 37.4 Å². The lowest BCUT2D eigenvalue weighted by molar-refractivity contribution is 0.0749. The van der Waals surface area contributed by atoms with E-state index >= 15 is 0 Å². The van der Waals surface area contributed by atoms with Crippen molar-refractivity contribution in [2.75, 3.05) is 33.4 Å². The van der Waals surface area contributed by atoms with Crippen LogP contribution in [0.4, 0.5) is 0 Å². The van der Waals surface area contributed by atoms with Crippen molar-refractivity contribution in [3.05, 3.63) is 42.2 Å². The van der Waals surface area contributed by atoms with Crippen molar-refractivity contribution in [3.8, 4) is 5.75 Å². The lowest BCUT2D eigenvalue weighted by atomic mass is 10.1. The third-order valence-electron chi connectivity index (χ3n) is 5.43. The van der Waals surface area contributed by atoms with Crippen molar-refractivity contribution >= 4 is 15.9 Å². The molecule has 10 heteroatoms. The number of aromatic nitrogens is 2. The average molecular weight is 420 g/mol. The Hall–Kier alpha value is -2.43. The number of methoxy groups -OCH3 is 1. The van der Waals surface area contributed by atoms with Gasteiger partial charge in [-0.05, 0) is 24.6 Å². The summed E-state index contributed by atoms with van der Waals surface area (Å²) < 4.78 is 39.6. The fourth-order valence-electron chi connectivity index (χ4n) is 3.97. The number of aromatic amines is 1. The van der Waals surface area contributed by atoms with Gasteiger partial charge in [-0.2, -0.15) is 9.40 Å². The molecule has 0 radical (unpaired) electrons. The number of rotatable bonds is 4. The van der Waals surface area contributed by atoms with Crippen LogP contribution < -0.4 is 4.74 Å². The van der Waals surface area contributed by atoms with E-state index < -0.39 is 10.0 Å². The molecule has 0 bridgehead atoms. The number of hydrogen-bond donors (Lipinski definition) is 1. The molecule has 1 N–H and O–H groups in total. The normalized spacial score (nSPS) is 24.0. The van der Waals surface area contributed by atoms with E-state index in [4.69, 9.17) is 9.47 Å². The molecule has 2 atom stereocenters. The number of likely N-dealkylation sites (tertiary alicyclic amines) is 1. The third-order valence-corrected chi connectivity index (χ3v) is 7.39. The Bertz CT molecular complexity index is 963. The van der Waals surface area contributed by atoms with Crippen LogP contribution in [0.2, 0.25) is 0 Å². The molecule has 29 heavy (non-hydrogen) atoms. The largest absolute Gasteiger partial charge is 0.487 e. The summed E-state index contributed by atoms with van der Waals surface area (Å²) in [6.45, 7) is 1.41. The van der Waals surface area contributed by atoms with Gasteiger partial charge in [0.2, 0.25) is 10.0 Å². The SMILES string of the molecule is COCCN1[C@@H]2CCN(C(=O)c3ccn[nH]3)CC[C@H]2Oc2ccccc2S1(=O)=O. The smallest absolute Gasteiger partial charge is 0.271 e. The highest BCUT2D eigenvalue weighted by Gasteiger charge is 2.43. The summed E-state index contributed by atoms with van der Waals surface area (Å²) in [5.41, 5.74) is 0.419. The minimum absolute atomic E-state index is 0.148. The van der Waals surface area contributed by atoms with Crippen LogP contribution in [-0.2, 0) is 14.8 Å². The number of nitrogens with one attached hydrogen (secondary N) is 1. The predicted molar refractivity (Wildman–Crippen MR) is 104 cm³/mol. The summed E-state index contributed by atoms with van der Waals surface area (Å²) in [5.74, 6) is 0.210. The number of hydrogen-bond acceptors (Lipinski definition) is 6. The van der Waals surface area contributed by atoms with E-state index in [0.717, 1.165) is 0 Å². The molecule has 0 spiro atoms. The van der Waals surface area contributed by atoms with Gasteiger partial charge in [-0.25, -0.2) is 8.42 Å². The van der Waals surface area contributed by atoms with Crippen LogP contribution in [0.15, 0.2) is 41.4 Å². The molecule has 1 saturated heterocycles. The number of fused-ring (bicyclic) bond motifs is 2. The number of amides is 1. The minimum atomic E-state index is -3.75. The van der Waals surface area contributed by atoms with Crippen molar-refractivity contribution in [1.82, 2.24) is 19.4 Å². The van der Waals surface area contributed by atoms with Crippen LogP contribution in [0.25, 0.3) is 0 Å². The summed E-state index contributed by atoms with van der Waals surface area (Å²) in [7, 11) is -2.20. The molecule has 1 fully saturated rings. The molecular formula is C19H24N4O5S. The monoisotopic (exact) mass is 420 g/mol. The van der Waals surface area contributed by atoms with Crippen LogP contribution in [0.1, 0.15) is 23.3 Å². The summed E-state index contributed by atoms with van der Waals surface area (Å²) in [5, 5.41) is 6.53. The Morgan fingerprint density at radius 1 is 1.28 bits per heavy atom. The maximum absolute atomic E-state index is 13.4. The highest BCUT2D eigenvalue weighted by molar-refractivity contribution is 7.89. The summed E-state index contributed by atoms with van der Waals surface area (Å²) in [4.78, 5) is 14.6. The number of para-hydroxylation sites is 1. The first kappa shape index (κ1) is 19.9. The lowest BCUT2D eigenvalue weighted by Gasteiger charge is -2.31. The molecule has 0 saturated carbocycles. The molecule has 3 heterocycles. The topological polar surface area (TPSA) is 105 Å². The van der Waals surface area contributed by atoms with Crippen LogP contribution >= 0.6 is 0 Å². The molecular weight excluding hydrogens is 396 g/mol. The van der Waals surface area contributed by atoms with Gasteiger partial charge >= 0.3 is 0 Å². The predicted octanol–water partition coefficient (Wildman–Crippen LogP) is 1.11. The first-order valence-corrected chi connectivity index (χ1v) is 11.0. The molecule has 2 aliphatic rings. The number of carbonyl (C=O) groups is 1. The standard InChI is InChI=1S/C19H24N4O5S/c1-27-13-12-23-15-7-10-22(19(24)14-6-9-20-21-14)11-8-16(15)28-17-4-2-3-5-18(17)29(23,25)26/h2-6,9,15-16H,7-8,10-13H2,1H3,(H,20,21)/t15-,16-/m1/s1. The van der Waals surface area contributed by atoms with E-state index in [-0.39, 0.29) is 36.1 Å². The van der Waals surface area contributed by atoms with Gasteiger partial charge in [-0.15, -0.1) is 0 Å². The number of nitrogens with zero attached hydrogens (tertiary/aromatic N) is 3. The summed E-state index contributed by atoms with van der Waals surface area (Å²) in [6.07, 6.45) is 2.18. The Kier molecular flexibility index (Phi) is 5.57. The van der Waals surface area contributed by atoms with Crippen LogP contribution in [-0.4, -0.2) is 79.2 Å². The van der Waals surface area contributed by atoms with E-state index in [1.807, 2.05) is 0 Å². The molecule has 9 nitrogen and oxygen atoms in total. The van der Waals surface area contributed by atoms with E-state index in [9.17, 15) is 13.2 Å². The van der Waals surface area contributed by atoms with E-state index in [2.05, 4.69) is 10.2 Å². The van der Waals surface area contributed by atoms with E-state index in [1.54, 1.807) is 42.3 Å². The first-order valence-electron chi connectivity index (χ1n) is 9.57. The van der Waals surface area contributed by atoms with Crippen molar-refractivity contribution in [2.24, 2.45) is 0 Å². The van der Waals surface area contributed by atoms with E-state index in [1.165, 1.54) is 10.5 Å². The molecule has 0 aliphatic carbocycles. The fraction of sp³-hybridized carbons (Fsp3) is 0.474. The zero-order valence-corrected chi connectivity index (χ0v) is 17.0. The van der Waals surface area contributed by atoms with Crippen LogP contribution in [0, 0.1) is 0 Å². The van der Waals surface area contributed by atoms with Gasteiger partial charge in [0.15, 0.2) is 0 Å². The van der Waals surface area contributed by atoms with Gasteiger partial charge < -0.3 is 14.4 Å². The second kappa shape index (κ2) is 8.13. The molecule has 156 valence electrons. The highest BCUT2D eigenvalue weighted by atomic mass is 32.2. The molecule has 1 aromatic carbocycles. The van der Waals surface area contributed by atoms with Gasteiger partial charge in [0.25, 0.3) is 5.91 Å². The zero-order chi connectivity index (χ0) is 20.4. The minimum Gasteiger partial charge on any atom is -0.487 e. The highest BCUT2D eigenvalue weighted by Crippen LogP contribution is 2.36. The molecule has 1 aromatic heterocycles. The number of ether oxygens (including phenoxy) is 2. The molecule has 2 aromatic rings. The maximum atomic E-state index is 13.4. The Labute approximate surface area is 169 Å². The third kappa shape index (κ3) is 3.75.